The van der Waals surface area contributed by atoms with E-state index in [1.54, 1.807) is 38.1 Å². The molecule has 1 N–H and O–H groups in total. The van der Waals surface area contributed by atoms with Crippen LogP contribution in [0.5, 0.6) is 5.75 Å². The first kappa shape index (κ1) is 21.1. The molecule has 1 aromatic rings. The molecule has 5 nitrogen and oxygen atoms in total. The molecule has 0 radical (unpaired) electrons. The second-order valence-electron chi connectivity index (χ2n) is 5.39. The number of benzene rings is 1. The predicted octanol–water partition coefficient (Wildman–Crippen LogP) is 3.47. The van der Waals surface area contributed by atoms with Crippen molar-refractivity contribution in [2.45, 2.75) is 26.0 Å². The van der Waals surface area contributed by atoms with Gasteiger partial charge in [0.05, 0.1) is 5.02 Å². The lowest BCUT2D eigenvalue weighted by Gasteiger charge is -2.25. The van der Waals surface area contributed by atoms with E-state index in [1.807, 2.05) is 0 Å². The van der Waals surface area contributed by atoms with E-state index in [1.165, 1.54) is 11.0 Å². The van der Waals surface area contributed by atoms with Gasteiger partial charge in [0.1, 0.15) is 11.8 Å². The Labute approximate surface area is 158 Å². The first-order chi connectivity index (χ1) is 11.8. The highest BCUT2D eigenvalue weighted by molar-refractivity contribution is 6.35. The fourth-order valence-electron chi connectivity index (χ4n) is 2.05. The average Bonchev–Trinajstić information content (AvgIpc) is 2.56. The van der Waals surface area contributed by atoms with Gasteiger partial charge in [-0.25, -0.2) is 0 Å². The monoisotopic (exact) mass is 384 g/mol. The fourth-order valence-corrected chi connectivity index (χ4v) is 2.50. The average molecular weight is 385 g/mol. The lowest BCUT2D eigenvalue weighted by molar-refractivity contribution is -0.137. The molecule has 1 aromatic carbocycles. The lowest BCUT2D eigenvalue weighted by Crippen LogP contribution is -2.50. The van der Waals surface area contributed by atoms with Gasteiger partial charge in [0.25, 0.3) is 5.91 Å². The predicted molar refractivity (Wildman–Crippen MR) is 101 cm³/mol. The van der Waals surface area contributed by atoms with Gasteiger partial charge >= 0.3 is 0 Å². The summed E-state index contributed by atoms with van der Waals surface area (Å²) in [5, 5.41) is 3.41. The van der Waals surface area contributed by atoms with Crippen molar-refractivity contribution in [3.8, 4) is 5.75 Å². The first-order valence-corrected chi connectivity index (χ1v) is 8.48. The van der Waals surface area contributed by atoms with Crippen LogP contribution in [0.3, 0.4) is 0 Å². The molecule has 0 heterocycles. The third-order valence-electron chi connectivity index (χ3n) is 3.31. The summed E-state index contributed by atoms with van der Waals surface area (Å²) < 4.78 is 5.54. The topological polar surface area (TPSA) is 58.6 Å². The molecule has 7 heteroatoms. The Balaban J connectivity index is 2.68. The van der Waals surface area contributed by atoms with Gasteiger partial charge in [-0.2, -0.15) is 0 Å². The van der Waals surface area contributed by atoms with E-state index in [9.17, 15) is 9.59 Å². The SMILES string of the molecule is C=CCN(CC=C)C(=O)C(C)NC(=O)C(C)Oc1ccc(Cl)cc1Cl. The van der Waals surface area contributed by atoms with Gasteiger partial charge < -0.3 is 15.0 Å². The van der Waals surface area contributed by atoms with Crippen molar-refractivity contribution >= 4 is 35.0 Å². The second-order valence-corrected chi connectivity index (χ2v) is 6.23. The van der Waals surface area contributed by atoms with Gasteiger partial charge in [-0.05, 0) is 32.0 Å². The summed E-state index contributed by atoms with van der Waals surface area (Å²) in [6.07, 6.45) is 2.40. The summed E-state index contributed by atoms with van der Waals surface area (Å²) >= 11 is 11.9. The van der Waals surface area contributed by atoms with E-state index in [2.05, 4.69) is 18.5 Å². The summed E-state index contributed by atoms with van der Waals surface area (Å²) in [7, 11) is 0. The van der Waals surface area contributed by atoms with Crippen LogP contribution in [0.15, 0.2) is 43.5 Å². The number of nitrogens with one attached hydrogen (secondary N) is 1. The molecular weight excluding hydrogens is 363 g/mol. The van der Waals surface area contributed by atoms with E-state index >= 15 is 0 Å². The molecule has 0 saturated heterocycles. The summed E-state index contributed by atoms with van der Waals surface area (Å²) in [6, 6.07) is 4.01. The molecule has 2 atom stereocenters. The van der Waals surface area contributed by atoms with Gasteiger partial charge in [0, 0.05) is 18.1 Å². The van der Waals surface area contributed by atoms with Crippen molar-refractivity contribution in [1.82, 2.24) is 10.2 Å². The number of ether oxygens (including phenoxy) is 1. The highest BCUT2D eigenvalue weighted by Crippen LogP contribution is 2.28. The number of amides is 2. The Hall–Kier alpha value is -1.98. The molecule has 0 spiro atoms. The number of rotatable bonds is 9. The molecule has 0 aliphatic carbocycles. The number of halogens is 2. The van der Waals surface area contributed by atoms with Crippen LogP contribution in [-0.2, 0) is 9.59 Å². The molecule has 25 heavy (non-hydrogen) atoms. The van der Waals surface area contributed by atoms with E-state index in [0.29, 0.717) is 28.9 Å². The minimum atomic E-state index is -0.832. The van der Waals surface area contributed by atoms with Gasteiger partial charge in [0.2, 0.25) is 5.91 Å². The van der Waals surface area contributed by atoms with Crippen LogP contribution in [0.25, 0.3) is 0 Å². The van der Waals surface area contributed by atoms with Crippen LogP contribution in [0.2, 0.25) is 10.0 Å². The zero-order valence-corrected chi connectivity index (χ0v) is 15.8. The number of nitrogens with zero attached hydrogens (tertiary/aromatic N) is 1. The normalized spacial score (nSPS) is 12.6. The number of carbonyl (C=O) groups excluding carboxylic acids is 2. The van der Waals surface area contributed by atoms with Crippen LogP contribution in [-0.4, -0.2) is 41.9 Å². The summed E-state index contributed by atoms with van der Waals surface area (Å²) in [4.78, 5) is 26.2. The smallest absolute Gasteiger partial charge is 0.261 e. The molecular formula is C18H22Cl2N2O3. The molecule has 0 aliphatic rings. The molecule has 0 saturated carbocycles. The summed E-state index contributed by atoms with van der Waals surface area (Å²) in [5.41, 5.74) is 0. The minimum Gasteiger partial charge on any atom is -0.479 e. The largest absolute Gasteiger partial charge is 0.479 e. The molecule has 0 aliphatic heterocycles. The maximum atomic E-state index is 12.4. The van der Waals surface area contributed by atoms with E-state index in [4.69, 9.17) is 27.9 Å². The van der Waals surface area contributed by atoms with Crippen LogP contribution >= 0.6 is 23.2 Å². The van der Waals surface area contributed by atoms with Crippen molar-refractivity contribution in [2.24, 2.45) is 0 Å². The summed E-state index contributed by atoms with van der Waals surface area (Å²) in [5.74, 6) is -0.318. The standard InChI is InChI=1S/C18H22Cl2N2O3/c1-5-9-22(10-6-2)18(24)12(3)21-17(23)13(4)25-16-8-7-14(19)11-15(16)20/h5-8,11-13H,1-2,9-10H2,3-4H3,(H,21,23). The Morgan fingerprint density at radius 3 is 2.36 bits per heavy atom. The van der Waals surface area contributed by atoms with Crippen LogP contribution < -0.4 is 10.1 Å². The quantitative estimate of drug-likeness (QED) is 0.663. The third-order valence-corrected chi connectivity index (χ3v) is 3.84. The van der Waals surface area contributed by atoms with Gasteiger partial charge in [-0.1, -0.05) is 35.4 Å². The van der Waals surface area contributed by atoms with Crippen molar-refractivity contribution < 1.29 is 14.3 Å². The number of hydrogen-bond donors (Lipinski definition) is 1. The van der Waals surface area contributed by atoms with Crippen LogP contribution in [0.1, 0.15) is 13.8 Å². The molecule has 0 bridgehead atoms. The van der Waals surface area contributed by atoms with Gasteiger partial charge in [0.15, 0.2) is 6.10 Å². The van der Waals surface area contributed by atoms with Gasteiger partial charge in [-0.15, -0.1) is 13.2 Å². The zero-order chi connectivity index (χ0) is 19.0. The first-order valence-electron chi connectivity index (χ1n) is 7.72. The zero-order valence-electron chi connectivity index (χ0n) is 14.3. The van der Waals surface area contributed by atoms with Crippen molar-refractivity contribution in [3.05, 3.63) is 53.6 Å². The number of hydrogen-bond acceptors (Lipinski definition) is 3. The molecule has 2 amide bonds. The molecule has 0 aromatic heterocycles. The maximum absolute atomic E-state index is 12.4. The highest BCUT2D eigenvalue weighted by atomic mass is 35.5. The second kappa shape index (κ2) is 10.1. The number of carbonyl (C=O) groups is 2. The van der Waals surface area contributed by atoms with Crippen molar-refractivity contribution in [3.63, 3.8) is 0 Å². The highest BCUT2D eigenvalue weighted by Gasteiger charge is 2.24. The van der Waals surface area contributed by atoms with Crippen LogP contribution in [0.4, 0.5) is 0 Å². The summed E-state index contributed by atoms with van der Waals surface area (Å²) in [6.45, 7) is 11.2. The molecule has 136 valence electrons. The van der Waals surface area contributed by atoms with Crippen molar-refractivity contribution in [2.75, 3.05) is 13.1 Å². The Kier molecular flexibility index (Phi) is 8.52. The third kappa shape index (κ3) is 6.44. The molecule has 2 unspecified atom stereocenters. The van der Waals surface area contributed by atoms with Gasteiger partial charge in [-0.3, -0.25) is 9.59 Å². The minimum absolute atomic E-state index is 0.232. The van der Waals surface area contributed by atoms with E-state index in [0.717, 1.165) is 0 Å². The van der Waals surface area contributed by atoms with E-state index < -0.39 is 18.1 Å². The Morgan fingerprint density at radius 1 is 1.24 bits per heavy atom. The Morgan fingerprint density at radius 2 is 1.84 bits per heavy atom. The fraction of sp³-hybridized carbons (Fsp3) is 0.333. The Bertz CT molecular complexity index is 639. The van der Waals surface area contributed by atoms with Crippen molar-refractivity contribution in [1.29, 1.82) is 0 Å². The molecule has 1 rings (SSSR count). The lowest BCUT2D eigenvalue weighted by atomic mass is 10.2. The van der Waals surface area contributed by atoms with Crippen LogP contribution in [0, 0.1) is 0 Å². The van der Waals surface area contributed by atoms with E-state index in [-0.39, 0.29) is 5.91 Å². The molecule has 0 fully saturated rings. The maximum Gasteiger partial charge on any atom is 0.261 e.